The quantitative estimate of drug-likeness (QED) is 0.903. The number of aryl methyl sites for hydroxylation is 2. The predicted molar refractivity (Wildman–Crippen MR) is 81.9 cm³/mol. The van der Waals surface area contributed by atoms with E-state index in [0.717, 1.165) is 18.7 Å². The molecule has 0 fully saturated rings. The highest BCUT2D eigenvalue weighted by Gasteiger charge is 2.29. The Morgan fingerprint density at radius 3 is 2.90 bits per heavy atom. The molecule has 1 aliphatic carbocycles. The number of benzene rings is 1. The van der Waals surface area contributed by atoms with Gasteiger partial charge in [-0.15, -0.1) is 0 Å². The van der Waals surface area contributed by atoms with Crippen molar-refractivity contribution in [2.24, 2.45) is 0 Å². The number of nitrogens with one attached hydrogen (secondary N) is 1. The highest BCUT2D eigenvalue weighted by atomic mass is 15.3. The summed E-state index contributed by atoms with van der Waals surface area (Å²) in [7, 11) is 2.05. The third-order valence-electron chi connectivity index (χ3n) is 4.42. The van der Waals surface area contributed by atoms with E-state index in [9.17, 15) is 0 Å². The maximum atomic E-state index is 4.57. The average molecular weight is 269 g/mol. The summed E-state index contributed by atoms with van der Waals surface area (Å²) in [6.07, 6.45) is 2.37. The van der Waals surface area contributed by atoms with E-state index in [0.29, 0.717) is 12.0 Å². The minimum atomic E-state index is 0.384. The van der Waals surface area contributed by atoms with Crippen molar-refractivity contribution in [2.75, 3.05) is 7.05 Å². The highest BCUT2D eigenvalue weighted by molar-refractivity contribution is 5.40. The Bertz CT molecular complexity index is 600. The van der Waals surface area contributed by atoms with Crippen LogP contribution >= 0.6 is 0 Å². The Morgan fingerprint density at radius 1 is 1.40 bits per heavy atom. The fourth-order valence-electron chi connectivity index (χ4n) is 3.34. The van der Waals surface area contributed by atoms with E-state index in [2.05, 4.69) is 66.3 Å². The van der Waals surface area contributed by atoms with E-state index in [1.807, 2.05) is 0 Å². The maximum absolute atomic E-state index is 4.57. The average Bonchev–Trinajstić information content (AvgIpc) is 2.81. The molecule has 0 saturated heterocycles. The molecular weight excluding hydrogens is 246 g/mol. The van der Waals surface area contributed by atoms with Gasteiger partial charge in [0.1, 0.15) is 0 Å². The van der Waals surface area contributed by atoms with Gasteiger partial charge in [0.05, 0.1) is 11.4 Å². The normalized spacial score (nSPS) is 18.4. The lowest BCUT2D eigenvalue weighted by atomic mass is 9.74. The Labute approximate surface area is 121 Å². The van der Waals surface area contributed by atoms with Gasteiger partial charge >= 0.3 is 0 Å². The van der Waals surface area contributed by atoms with Gasteiger partial charge in [-0.1, -0.05) is 24.3 Å². The molecule has 2 aromatic rings. The number of rotatable bonds is 5. The lowest BCUT2D eigenvalue weighted by Crippen LogP contribution is -2.26. The van der Waals surface area contributed by atoms with Crippen molar-refractivity contribution in [3.8, 4) is 0 Å². The van der Waals surface area contributed by atoms with Crippen LogP contribution in [0.15, 0.2) is 30.3 Å². The van der Waals surface area contributed by atoms with Gasteiger partial charge in [0.15, 0.2) is 0 Å². The summed E-state index contributed by atoms with van der Waals surface area (Å²) in [5.74, 6) is 0.684. The molecule has 0 aliphatic heterocycles. The molecule has 1 N–H and O–H groups in total. The molecule has 1 heterocycles. The second-order valence-corrected chi connectivity index (χ2v) is 5.70. The summed E-state index contributed by atoms with van der Waals surface area (Å²) >= 11 is 0. The Hall–Kier alpha value is -1.61. The van der Waals surface area contributed by atoms with Crippen LogP contribution in [0, 0.1) is 6.92 Å². The summed E-state index contributed by atoms with van der Waals surface area (Å²) in [5.41, 5.74) is 5.48. The van der Waals surface area contributed by atoms with Gasteiger partial charge in [0.2, 0.25) is 0 Å². The summed E-state index contributed by atoms with van der Waals surface area (Å²) in [6.45, 7) is 5.16. The summed E-state index contributed by atoms with van der Waals surface area (Å²) < 4.78 is 2.13. The number of nitrogens with zero attached hydrogens (tertiary/aromatic N) is 2. The van der Waals surface area contributed by atoms with Crippen molar-refractivity contribution >= 4 is 0 Å². The van der Waals surface area contributed by atoms with E-state index < -0.39 is 0 Å². The van der Waals surface area contributed by atoms with Gasteiger partial charge < -0.3 is 5.32 Å². The van der Waals surface area contributed by atoms with Gasteiger partial charge in [-0.3, -0.25) is 4.68 Å². The SMILES string of the molecule is CCn1nc(C)cc1C(CC1Cc2ccccc21)NC. The van der Waals surface area contributed by atoms with Crippen molar-refractivity contribution < 1.29 is 0 Å². The smallest absolute Gasteiger partial charge is 0.0597 e. The van der Waals surface area contributed by atoms with E-state index in [4.69, 9.17) is 0 Å². The lowest BCUT2D eigenvalue weighted by molar-refractivity contribution is 0.425. The van der Waals surface area contributed by atoms with Crippen molar-refractivity contribution in [3.63, 3.8) is 0 Å². The van der Waals surface area contributed by atoms with Crippen molar-refractivity contribution in [1.82, 2.24) is 15.1 Å². The van der Waals surface area contributed by atoms with Crippen LogP contribution in [0.5, 0.6) is 0 Å². The molecule has 1 aliphatic rings. The standard InChI is InChI=1S/C17H23N3/c1-4-20-17(9-12(2)19-20)16(18-3)11-14-10-13-7-5-6-8-15(13)14/h5-9,14,16,18H,4,10-11H2,1-3H3. The second-order valence-electron chi connectivity index (χ2n) is 5.70. The Balaban J connectivity index is 1.79. The van der Waals surface area contributed by atoms with Crippen molar-refractivity contribution in [3.05, 3.63) is 52.8 Å². The summed E-state index contributed by atoms with van der Waals surface area (Å²) in [4.78, 5) is 0. The van der Waals surface area contributed by atoms with E-state index in [1.54, 1.807) is 0 Å². The first-order valence-electron chi connectivity index (χ1n) is 7.52. The Kier molecular flexibility index (Phi) is 3.62. The monoisotopic (exact) mass is 269 g/mol. The first-order valence-corrected chi connectivity index (χ1v) is 7.52. The molecule has 1 aromatic heterocycles. The van der Waals surface area contributed by atoms with Crippen LogP contribution in [0.25, 0.3) is 0 Å². The molecule has 3 rings (SSSR count). The third-order valence-corrected chi connectivity index (χ3v) is 4.42. The predicted octanol–water partition coefficient (Wildman–Crippen LogP) is 3.20. The molecule has 0 amide bonds. The molecule has 2 atom stereocenters. The topological polar surface area (TPSA) is 29.9 Å². The number of aromatic nitrogens is 2. The van der Waals surface area contributed by atoms with Gasteiger partial charge in [-0.25, -0.2) is 0 Å². The van der Waals surface area contributed by atoms with Gasteiger partial charge in [0.25, 0.3) is 0 Å². The molecule has 106 valence electrons. The molecular formula is C17H23N3. The van der Waals surface area contributed by atoms with Crippen LogP contribution in [0.4, 0.5) is 0 Å². The van der Waals surface area contributed by atoms with Crippen molar-refractivity contribution in [1.29, 1.82) is 0 Å². The van der Waals surface area contributed by atoms with Crippen LogP contribution in [-0.2, 0) is 13.0 Å². The van der Waals surface area contributed by atoms with Crippen LogP contribution in [-0.4, -0.2) is 16.8 Å². The van der Waals surface area contributed by atoms with Crippen LogP contribution in [0.3, 0.4) is 0 Å². The largest absolute Gasteiger partial charge is 0.312 e. The molecule has 1 aromatic carbocycles. The molecule has 3 nitrogen and oxygen atoms in total. The van der Waals surface area contributed by atoms with E-state index in [1.165, 1.54) is 23.2 Å². The van der Waals surface area contributed by atoms with E-state index in [-0.39, 0.29) is 0 Å². The zero-order valence-electron chi connectivity index (χ0n) is 12.6. The second kappa shape index (κ2) is 5.41. The first-order chi connectivity index (χ1) is 9.72. The fraction of sp³-hybridized carbons (Fsp3) is 0.471. The fourth-order valence-corrected chi connectivity index (χ4v) is 3.34. The molecule has 0 bridgehead atoms. The highest BCUT2D eigenvalue weighted by Crippen LogP contribution is 2.40. The van der Waals surface area contributed by atoms with Gasteiger partial charge in [0, 0.05) is 12.6 Å². The van der Waals surface area contributed by atoms with Crippen molar-refractivity contribution in [2.45, 2.75) is 45.2 Å². The first kappa shape index (κ1) is 13.4. The Morgan fingerprint density at radius 2 is 2.20 bits per heavy atom. The zero-order chi connectivity index (χ0) is 14.1. The minimum absolute atomic E-state index is 0.384. The molecule has 0 radical (unpaired) electrons. The maximum Gasteiger partial charge on any atom is 0.0597 e. The molecule has 2 unspecified atom stereocenters. The number of hydrogen-bond donors (Lipinski definition) is 1. The summed E-state index contributed by atoms with van der Waals surface area (Å²) in [6, 6.07) is 11.4. The van der Waals surface area contributed by atoms with E-state index >= 15 is 0 Å². The van der Waals surface area contributed by atoms with Gasteiger partial charge in [-0.05, 0) is 56.8 Å². The third kappa shape index (κ3) is 2.27. The van der Waals surface area contributed by atoms with Crippen LogP contribution in [0.1, 0.15) is 47.8 Å². The van der Waals surface area contributed by atoms with Crippen LogP contribution < -0.4 is 5.32 Å². The number of hydrogen-bond acceptors (Lipinski definition) is 2. The number of fused-ring (bicyclic) bond motifs is 1. The van der Waals surface area contributed by atoms with Crippen LogP contribution in [0.2, 0.25) is 0 Å². The molecule has 20 heavy (non-hydrogen) atoms. The molecule has 0 spiro atoms. The summed E-state index contributed by atoms with van der Waals surface area (Å²) in [5, 5.41) is 8.05. The molecule has 0 saturated carbocycles. The minimum Gasteiger partial charge on any atom is -0.312 e. The molecule has 3 heteroatoms. The van der Waals surface area contributed by atoms with Gasteiger partial charge in [-0.2, -0.15) is 5.10 Å². The lowest BCUT2D eigenvalue weighted by Gasteiger charge is -2.33. The zero-order valence-corrected chi connectivity index (χ0v) is 12.6.